The van der Waals surface area contributed by atoms with Crippen molar-refractivity contribution < 1.29 is 14.7 Å². The standard InChI is InChI=1S/C18H18N4O3/c23-16-13-2-1-3-14(13)21-18(25)15(16)17(24)20-11-4-6-12(7-5-11)22-9-8-19-10-22/h4-10,13-14,23H,1-3H2,(H,20,24)(H,21,25)/t13-,14+/m1/s1. The summed E-state index contributed by atoms with van der Waals surface area (Å²) in [5.74, 6) is -1.33. The largest absolute Gasteiger partial charge is 0.511 e. The third-order valence-corrected chi connectivity index (χ3v) is 4.82. The number of aromatic nitrogens is 2. The molecule has 0 saturated heterocycles. The van der Waals surface area contributed by atoms with E-state index in [1.165, 1.54) is 0 Å². The SMILES string of the molecule is O=C(Nc1ccc(-n2ccnc2)cc1)C1=C(O)[C@@H]2CCC[C@@H]2NC1=O. The summed E-state index contributed by atoms with van der Waals surface area (Å²) < 4.78 is 1.84. The number of aliphatic hydroxyl groups is 1. The zero-order valence-corrected chi connectivity index (χ0v) is 13.5. The highest BCUT2D eigenvalue weighted by atomic mass is 16.3. The lowest BCUT2D eigenvalue weighted by atomic mass is 9.92. The quantitative estimate of drug-likeness (QED) is 0.745. The van der Waals surface area contributed by atoms with Crippen LogP contribution in [0.15, 0.2) is 54.3 Å². The van der Waals surface area contributed by atoms with E-state index in [1.807, 2.05) is 22.9 Å². The number of hydrogen-bond donors (Lipinski definition) is 3. The minimum Gasteiger partial charge on any atom is -0.511 e. The number of aliphatic hydroxyl groups excluding tert-OH is 1. The Hall–Kier alpha value is -3.09. The van der Waals surface area contributed by atoms with E-state index in [1.54, 1.807) is 24.7 Å². The predicted octanol–water partition coefficient (Wildman–Crippen LogP) is 1.92. The van der Waals surface area contributed by atoms with Gasteiger partial charge in [-0.25, -0.2) is 4.98 Å². The normalized spacial score (nSPS) is 22.5. The van der Waals surface area contributed by atoms with Gasteiger partial charge in [0.15, 0.2) is 0 Å². The van der Waals surface area contributed by atoms with Crippen molar-refractivity contribution in [2.45, 2.75) is 25.3 Å². The summed E-state index contributed by atoms with van der Waals surface area (Å²) >= 11 is 0. The van der Waals surface area contributed by atoms with Gasteiger partial charge in [0.05, 0.1) is 6.33 Å². The number of hydrogen-bond acceptors (Lipinski definition) is 4. The van der Waals surface area contributed by atoms with Gasteiger partial charge in [-0.05, 0) is 37.1 Å². The van der Waals surface area contributed by atoms with Gasteiger partial charge >= 0.3 is 0 Å². The first-order valence-electron chi connectivity index (χ1n) is 8.27. The van der Waals surface area contributed by atoms with Crippen LogP contribution in [-0.4, -0.2) is 32.5 Å². The van der Waals surface area contributed by atoms with Gasteiger partial charge in [0.1, 0.15) is 11.3 Å². The second kappa shape index (κ2) is 6.08. The summed E-state index contributed by atoms with van der Waals surface area (Å²) in [6, 6.07) is 7.09. The fourth-order valence-corrected chi connectivity index (χ4v) is 3.54. The number of amides is 2. The van der Waals surface area contributed by atoms with E-state index in [9.17, 15) is 14.7 Å². The third kappa shape index (κ3) is 2.77. The van der Waals surface area contributed by atoms with E-state index in [-0.39, 0.29) is 23.3 Å². The molecule has 2 amide bonds. The van der Waals surface area contributed by atoms with E-state index in [0.717, 1.165) is 24.9 Å². The molecule has 1 aromatic heterocycles. The van der Waals surface area contributed by atoms with Crippen molar-refractivity contribution in [1.82, 2.24) is 14.9 Å². The number of carbonyl (C=O) groups is 2. The molecule has 1 saturated carbocycles. The molecule has 1 fully saturated rings. The second-order valence-electron chi connectivity index (χ2n) is 6.35. The average molecular weight is 338 g/mol. The van der Waals surface area contributed by atoms with Crippen LogP contribution in [-0.2, 0) is 9.59 Å². The molecule has 1 aliphatic heterocycles. The molecule has 4 rings (SSSR count). The monoisotopic (exact) mass is 338 g/mol. The fraction of sp³-hybridized carbons (Fsp3) is 0.278. The van der Waals surface area contributed by atoms with E-state index >= 15 is 0 Å². The molecule has 2 heterocycles. The van der Waals surface area contributed by atoms with Crippen LogP contribution in [0.4, 0.5) is 5.69 Å². The maximum Gasteiger partial charge on any atom is 0.264 e. The molecule has 0 radical (unpaired) electrons. The Morgan fingerprint density at radius 2 is 2.08 bits per heavy atom. The lowest BCUT2D eigenvalue weighted by Gasteiger charge is -2.27. The number of anilines is 1. The molecule has 3 N–H and O–H groups in total. The van der Waals surface area contributed by atoms with Gasteiger partial charge in [-0.2, -0.15) is 0 Å². The van der Waals surface area contributed by atoms with Crippen LogP contribution in [0, 0.1) is 5.92 Å². The highest BCUT2D eigenvalue weighted by molar-refractivity contribution is 6.23. The Labute approximate surface area is 144 Å². The molecule has 128 valence electrons. The van der Waals surface area contributed by atoms with Crippen molar-refractivity contribution in [3.05, 3.63) is 54.3 Å². The molecule has 7 heteroatoms. The summed E-state index contributed by atoms with van der Waals surface area (Å²) in [5, 5.41) is 15.9. The van der Waals surface area contributed by atoms with Gasteiger partial charge in [-0.1, -0.05) is 6.42 Å². The van der Waals surface area contributed by atoms with Crippen molar-refractivity contribution in [2.24, 2.45) is 5.92 Å². The fourth-order valence-electron chi connectivity index (χ4n) is 3.54. The first-order chi connectivity index (χ1) is 12.1. The molecule has 1 aliphatic carbocycles. The number of imidazole rings is 1. The van der Waals surface area contributed by atoms with Crippen LogP contribution in [0.5, 0.6) is 0 Å². The molecule has 0 unspecified atom stereocenters. The predicted molar refractivity (Wildman–Crippen MR) is 91.1 cm³/mol. The molecule has 1 aromatic carbocycles. The second-order valence-corrected chi connectivity index (χ2v) is 6.35. The number of fused-ring (bicyclic) bond motifs is 1. The number of nitrogens with one attached hydrogen (secondary N) is 2. The highest BCUT2D eigenvalue weighted by Gasteiger charge is 2.41. The molecule has 0 spiro atoms. The summed E-state index contributed by atoms with van der Waals surface area (Å²) in [5.41, 5.74) is 1.28. The molecular formula is C18H18N4O3. The van der Waals surface area contributed by atoms with Crippen molar-refractivity contribution in [3.63, 3.8) is 0 Å². The molecule has 7 nitrogen and oxygen atoms in total. The molecule has 2 atom stereocenters. The lowest BCUT2D eigenvalue weighted by molar-refractivity contribution is -0.123. The van der Waals surface area contributed by atoms with Gasteiger partial charge in [-0.15, -0.1) is 0 Å². The molecular weight excluding hydrogens is 320 g/mol. The maximum absolute atomic E-state index is 12.5. The van der Waals surface area contributed by atoms with Gasteiger partial charge in [0, 0.05) is 35.7 Å². The van der Waals surface area contributed by atoms with Crippen molar-refractivity contribution in [3.8, 4) is 5.69 Å². The Bertz CT molecular complexity index is 840. The Balaban J connectivity index is 1.53. The van der Waals surface area contributed by atoms with Crippen LogP contribution in [0.25, 0.3) is 5.69 Å². The zero-order chi connectivity index (χ0) is 17.4. The number of rotatable bonds is 3. The van der Waals surface area contributed by atoms with Crippen molar-refractivity contribution in [2.75, 3.05) is 5.32 Å². The first kappa shape index (κ1) is 15.4. The van der Waals surface area contributed by atoms with E-state index in [2.05, 4.69) is 15.6 Å². The third-order valence-electron chi connectivity index (χ3n) is 4.82. The Morgan fingerprint density at radius 1 is 1.28 bits per heavy atom. The van der Waals surface area contributed by atoms with Gasteiger partial charge < -0.3 is 20.3 Å². The smallest absolute Gasteiger partial charge is 0.264 e. The minimum absolute atomic E-state index is 0.0569. The molecule has 25 heavy (non-hydrogen) atoms. The van der Waals surface area contributed by atoms with E-state index < -0.39 is 11.8 Å². The van der Waals surface area contributed by atoms with Crippen LogP contribution in [0.2, 0.25) is 0 Å². The van der Waals surface area contributed by atoms with Gasteiger partial charge in [0.2, 0.25) is 0 Å². The highest BCUT2D eigenvalue weighted by Crippen LogP contribution is 2.35. The van der Waals surface area contributed by atoms with Gasteiger partial charge in [-0.3, -0.25) is 9.59 Å². The van der Waals surface area contributed by atoms with Gasteiger partial charge in [0.25, 0.3) is 11.8 Å². The first-order valence-corrected chi connectivity index (χ1v) is 8.27. The topological polar surface area (TPSA) is 96.2 Å². The van der Waals surface area contributed by atoms with Crippen LogP contribution in [0.3, 0.4) is 0 Å². The zero-order valence-electron chi connectivity index (χ0n) is 13.5. The summed E-state index contributed by atoms with van der Waals surface area (Å²) in [7, 11) is 0. The van der Waals surface area contributed by atoms with E-state index in [0.29, 0.717) is 5.69 Å². The number of carbonyl (C=O) groups excluding carboxylic acids is 2. The molecule has 2 aliphatic rings. The van der Waals surface area contributed by atoms with Crippen molar-refractivity contribution >= 4 is 17.5 Å². The average Bonchev–Trinajstić information content (AvgIpc) is 3.26. The number of nitrogens with zero attached hydrogens (tertiary/aromatic N) is 2. The van der Waals surface area contributed by atoms with Crippen LogP contribution >= 0.6 is 0 Å². The summed E-state index contributed by atoms with van der Waals surface area (Å²) in [4.78, 5) is 28.7. The van der Waals surface area contributed by atoms with Crippen molar-refractivity contribution in [1.29, 1.82) is 0 Å². The Kier molecular flexibility index (Phi) is 3.76. The molecule has 2 aromatic rings. The number of benzene rings is 1. The summed E-state index contributed by atoms with van der Waals surface area (Å²) in [6.45, 7) is 0. The summed E-state index contributed by atoms with van der Waals surface area (Å²) in [6.07, 6.45) is 7.74. The van der Waals surface area contributed by atoms with Crippen LogP contribution in [0.1, 0.15) is 19.3 Å². The Morgan fingerprint density at radius 3 is 2.80 bits per heavy atom. The lowest BCUT2D eigenvalue weighted by Crippen LogP contribution is -2.46. The maximum atomic E-state index is 12.5. The van der Waals surface area contributed by atoms with E-state index in [4.69, 9.17) is 0 Å². The minimum atomic E-state index is -0.587. The van der Waals surface area contributed by atoms with Crippen LogP contribution < -0.4 is 10.6 Å². The molecule has 0 bridgehead atoms.